The van der Waals surface area contributed by atoms with Crippen molar-refractivity contribution >= 4 is 12.3 Å². The molecule has 0 aromatic carbocycles. The van der Waals surface area contributed by atoms with Crippen LogP contribution in [0.25, 0.3) is 0 Å². The molecule has 2 N–H and O–H groups in total. The highest BCUT2D eigenvalue weighted by molar-refractivity contribution is 5.58. The zero-order valence-electron chi connectivity index (χ0n) is 9.53. The summed E-state index contributed by atoms with van der Waals surface area (Å²) in [5.74, 6) is -0.988. The monoisotopic (exact) mass is 262 g/mol. The molecule has 2 rings (SSSR count). The van der Waals surface area contributed by atoms with E-state index in [1.807, 2.05) is 0 Å². The van der Waals surface area contributed by atoms with E-state index in [9.17, 15) is 9.59 Å². The predicted octanol–water partition coefficient (Wildman–Crippen LogP) is 1.74. The lowest BCUT2D eigenvalue weighted by molar-refractivity contribution is -0.222. The van der Waals surface area contributed by atoms with Crippen molar-refractivity contribution in [3.8, 4) is 0 Å². The summed E-state index contributed by atoms with van der Waals surface area (Å²) in [6, 6.07) is 0. The molecule has 0 radical (unpaired) electrons. The van der Waals surface area contributed by atoms with Gasteiger partial charge in [0.25, 0.3) is 12.6 Å². The van der Waals surface area contributed by atoms with Gasteiger partial charge >= 0.3 is 12.3 Å². The molecule has 102 valence electrons. The van der Waals surface area contributed by atoms with E-state index in [4.69, 9.17) is 19.7 Å². The molecule has 1 aliphatic heterocycles. The molecule has 2 atom stereocenters. The summed E-state index contributed by atoms with van der Waals surface area (Å²) in [7, 11) is 0. The molecule has 8 nitrogen and oxygen atoms in total. The van der Waals surface area contributed by atoms with Crippen molar-refractivity contribution in [3.05, 3.63) is 0 Å². The molecule has 2 aliphatic rings. The van der Waals surface area contributed by atoms with Crippen LogP contribution in [0.3, 0.4) is 0 Å². The van der Waals surface area contributed by atoms with E-state index >= 15 is 0 Å². The predicted molar refractivity (Wildman–Crippen MR) is 53.8 cm³/mol. The van der Waals surface area contributed by atoms with E-state index in [0.717, 1.165) is 19.3 Å². The van der Waals surface area contributed by atoms with E-state index in [0.29, 0.717) is 12.8 Å². The van der Waals surface area contributed by atoms with Crippen LogP contribution in [0, 0.1) is 0 Å². The Morgan fingerprint density at radius 2 is 1.39 bits per heavy atom. The Labute approximate surface area is 102 Å². The van der Waals surface area contributed by atoms with Gasteiger partial charge in [-0.25, -0.2) is 9.59 Å². The van der Waals surface area contributed by atoms with Crippen LogP contribution in [0.15, 0.2) is 0 Å². The first-order chi connectivity index (χ1) is 8.51. The zero-order chi connectivity index (χ0) is 13.2. The summed E-state index contributed by atoms with van der Waals surface area (Å²) in [4.78, 5) is 21.0. The van der Waals surface area contributed by atoms with Crippen LogP contribution in [0.5, 0.6) is 0 Å². The van der Waals surface area contributed by atoms with Crippen molar-refractivity contribution in [2.75, 3.05) is 0 Å². The van der Waals surface area contributed by atoms with E-state index in [1.54, 1.807) is 0 Å². The first kappa shape index (κ1) is 12.9. The molecule has 0 amide bonds. The Balaban J connectivity index is 2.06. The highest BCUT2D eigenvalue weighted by Gasteiger charge is 2.52. The fourth-order valence-electron chi connectivity index (χ4n) is 2.25. The molecule has 0 bridgehead atoms. The fourth-order valence-corrected chi connectivity index (χ4v) is 2.25. The first-order valence-electron chi connectivity index (χ1n) is 5.66. The van der Waals surface area contributed by atoms with Gasteiger partial charge in [-0.3, -0.25) is 0 Å². The van der Waals surface area contributed by atoms with Gasteiger partial charge < -0.3 is 29.2 Å². The summed E-state index contributed by atoms with van der Waals surface area (Å²) in [5.41, 5.74) is 0. The molecular weight excluding hydrogens is 248 g/mol. The van der Waals surface area contributed by atoms with Gasteiger partial charge in [0.15, 0.2) is 5.79 Å². The number of ether oxygens (including phenoxy) is 4. The number of hydrogen-bond donors (Lipinski definition) is 2. The van der Waals surface area contributed by atoms with E-state index in [1.165, 1.54) is 0 Å². The molecule has 1 aliphatic carbocycles. The Morgan fingerprint density at radius 1 is 0.944 bits per heavy atom. The molecule has 2 fully saturated rings. The van der Waals surface area contributed by atoms with Crippen molar-refractivity contribution in [2.24, 2.45) is 0 Å². The minimum atomic E-state index is -1.57. The molecule has 1 heterocycles. The summed E-state index contributed by atoms with van der Waals surface area (Å²) < 4.78 is 19.7. The van der Waals surface area contributed by atoms with Gasteiger partial charge in [0.1, 0.15) is 0 Å². The molecule has 0 aromatic rings. The Bertz CT molecular complexity index is 309. The van der Waals surface area contributed by atoms with Gasteiger partial charge in [0.05, 0.1) is 0 Å². The zero-order valence-corrected chi connectivity index (χ0v) is 9.53. The van der Waals surface area contributed by atoms with Crippen molar-refractivity contribution in [3.63, 3.8) is 0 Å². The standard InChI is InChI=1S/C10H14O8/c11-8(12)15-6-7(16-9(13)14)18-10(17-6)4-2-1-3-5-10/h6-7H,1-5H2,(H,11,12)(H,13,14). The number of carbonyl (C=O) groups is 2. The maximum absolute atomic E-state index is 10.5. The van der Waals surface area contributed by atoms with E-state index < -0.39 is 30.7 Å². The summed E-state index contributed by atoms with van der Waals surface area (Å²) in [5, 5.41) is 17.1. The lowest BCUT2D eigenvalue weighted by atomic mass is 9.94. The molecule has 1 saturated heterocycles. The van der Waals surface area contributed by atoms with Gasteiger partial charge in [-0.2, -0.15) is 0 Å². The van der Waals surface area contributed by atoms with Gasteiger partial charge in [-0.15, -0.1) is 0 Å². The lowest BCUT2D eigenvalue weighted by Crippen LogP contribution is -2.34. The summed E-state index contributed by atoms with van der Waals surface area (Å²) in [6.45, 7) is 0. The van der Waals surface area contributed by atoms with Crippen molar-refractivity contribution < 1.29 is 38.7 Å². The van der Waals surface area contributed by atoms with Crippen molar-refractivity contribution in [1.82, 2.24) is 0 Å². The number of rotatable bonds is 2. The second-order valence-corrected chi connectivity index (χ2v) is 4.21. The minimum absolute atomic E-state index is 0.561. The molecule has 1 spiro atoms. The number of hydrogen-bond acceptors (Lipinski definition) is 6. The summed E-state index contributed by atoms with van der Waals surface area (Å²) in [6.07, 6.45) is -2.03. The maximum atomic E-state index is 10.5. The van der Waals surface area contributed by atoms with Crippen molar-refractivity contribution in [2.45, 2.75) is 50.5 Å². The molecule has 18 heavy (non-hydrogen) atoms. The lowest BCUT2D eigenvalue weighted by Gasteiger charge is -2.30. The maximum Gasteiger partial charge on any atom is 0.508 e. The second kappa shape index (κ2) is 4.99. The molecule has 1 saturated carbocycles. The summed E-state index contributed by atoms with van der Waals surface area (Å²) >= 11 is 0. The minimum Gasteiger partial charge on any atom is -0.450 e. The average molecular weight is 262 g/mol. The van der Waals surface area contributed by atoms with Crippen LogP contribution in [-0.4, -0.2) is 40.9 Å². The third-order valence-electron chi connectivity index (χ3n) is 2.93. The molecule has 8 heteroatoms. The van der Waals surface area contributed by atoms with Crippen LogP contribution in [0.4, 0.5) is 9.59 Å². The van der Waals surface area contributed by atoms with E-state index in [2.05, 4.69) is 9.47 Å². The quantitative estimate of drug-likeness (QED) is 0.723. The van der Waals surface area contributed by atoms with Crippen LogP contribution in [0.1, 0.15) is 32.1 Å². The Kier molecular flexibility index (Phi) is 3.58. The van der Waals surface area contributed by atoms with Gasteiger partial charge in [-0.05, 0) is 12.8 Å². The highest BCUT2D eigenvalue weighted by Crippen LogP contribution is 2.41. The topological polar surface area (TPSA) is 112 Å². The normalized spacial score (nSPS) is 30.0. The number of carboxylic acid groups (broad SMARTS) is 2. The third kappa shape index (κ3) is 2.82. The van der Waals surface area contributed by atoms with Gasteiger partial charge in [0, 0.05) is 12.8 Å². The Hall–Kier alpha value is -1.54. The molecule has 0 aromatic heterocycles. The van der Waals surface area contributed by atoms with Crippen molar-refractivity contribution in [1.29, 1.82) is 0 Å². The third-order valence-corrected chi connectivity index (χ3v) is 2.93. The van der Waals surface area contributed by atoms with Crippen LogP contribution in [-0.2, 0) is 18.9 Å². The van der Waals surface area contributed by atoms with E-state index in [-0.39, 0.29) is 0 Å². The van der Waals surface area contributed by atoms with Crippen LogP contribution in [0.2, 0.25) is 0 Å². The average Bonchev–Trinajstić information content (AvgIpc) is 2.55. The van der Waals surface area contributed by atoms with Gasteiger partial charge in [-0.1, -0.05) is 6.42 Å². The van der Waals surface area contributed by atoms with Crippen LogP contribution >= 0.6 is 0 Å². The largest absolute Gasteiger partial charge is 0.508 e. The van der Waals surface area contributed by atoms with Gasteiger partial charge in [0.2, 0.25) is 0 Å². The Morgan fingerprint density at radius 3 is 1.78 bits per heavy atom. The van der Waals surface area contributed by atoms with Crippen LogP contribution < -0.4 is 0 Å². The highest BCUT2D eigenvalue weighted by atomic mass is 16.9. The second-order valence-electron chi connectivity index (χ2n) is 4.21. The smallest absolute Gasteiger partial charge is 0.450 e. The molecular formula is C10H14O8. The fraction of sp³-hybridized carbons (Fsp3) is 0.800. The first-order valence-corrected chi connectivity index (χ1v) is 5.66. The SMILES string of the molecule is O=C(O)OC1OC2(CCCCC2)OC1OC(=O)O. The molecule has 2 unspecified atom stereocenters.